The second-order valence-electron chi connectivity index (χ2n) is 7.13. The Kier molecular flexibility index (Phi) is 11.0. The summed E-state index contributed by atoms with van der Waals surface area (Å²) < 4.78 is 2.07. The molecule has 0 saturated carbocycles. The summed E-state index contributed by atoms with van der Waals surface area (Å²) in [5.74, 6) is 0.948. The summed E-state index contributed by atoms with van der Waals surface area (Å²) in [7, 11) is 4.10. The van der Waals surface area contributed by atoms with E-state index >= 15 is 0 Å². The van der Waals surface area contributed by atoms with E-state index in [1.165, 1.54) is 18.8 Å². The van der Waals surface area contributed by atoms with Gasteiger partial charge in [-0.3, -0.25) is 9.89 Å². The van der Waals surface area contributed by atoms with Crippen LogP contribution in [0.15, 0.2) is 17.3 Å². The van der Waals surface area contributed by atoms with Gasteiger partial charge in [0.2, 0.25) is 0 Å². The van der Waals surface area contributed by atoms with Crippen molar-refractivity contribution < 1.29 is 0 Å². The van der Waals surface area contributed by atoms with E-state index < -0.39 is 0 Å². The van der Waals surface area contributed by atoms with Gasteiger partial charge in [-0.15, -0.1) is 24.0 Å². The fourth-order valence-corrected chi connectivity index (χ4v) is 3.64. The van der Waals surface area contributed by atoms with E-state index in [-0.39, 0.29) is 24.0 Å². The molecular weight excluding hydrogens is 475 g/mol. The van der Waals surface area contributed by atoms with Gasteiger partial charge in [0.05, 0.1) is 18.1 Å². The summed E-state index contributed by atoms with van der Waals surface area (Å²) >= 11 is 6.11. The molecule has 6 nitrogen and oxygen atoms in total. The van der Waals surface area contributed by atoms with Crippen LogP contribution in [0.2, 0.25) is 5.02 Å². The van der Waals surface area contributed by atoms with Crippen LogP contribution in [-0.4, -0.2) is 84.1 Å². The first-order chi connectivity index (χ1) is 12.4. The molecule has 1 aliphatic rings. The number of aryl methyl sites for hydroxylation is 1. The van der Waals surface area contributed by atoms with Gasteiger partial charge < -0.3 is 19.7 Å². The van der Waals surface area contributed by atoms with Gasteiger partial charge in [-0.1, -0.05) is 18.5 Å². The molecule has 1 saturated heterocycles. The van der Waals surface area contributed by atoms with Gasteiger partial charge in [-0.25, -0.2) is 0 Å². The summed E-state index contributed by atoms with van der Waals surface area (Å²) in [6.07, 6.45) is 1.94. The molecule has 2 heterocycles. The highest BCUT2D eigenvalue weighted by Crippen LogP contribution is 2.14. The van der Waals surface area contributed by atoms with E-state index in [1.54, 1.807) is 0 Å². The average Bonchev–Trinajstić information content (AvgIpc) is 2.95. The molecule has 0 radical (unpaired) electrons. The number of nitrogens with zero attached hydrogens (tertiary/aromatic N) is 5. The Labute approximate surface area is 186 Å². The number of guanidine groups is 1. The van der Waals surface area contributed by atoms with Gasteiger partial charge in [0, 0.05) is 64.8 Å². The summed E-state index contributed by atoms with van der Waals surface area (Å²) in [4.78, 5) is 12.1. The molecule has 1 fully saturated rings. The average molecular weight is 511 g/mol. The van der Waals surface area contributed by atoms with Gasteiger partial charge in [0.1, 0.15) is 0 Å². The number of nitrogens with one attached hydrogen (secondary N) is 1. The molecule has 0 bridgehead atoms. The van der Waals surface area contributed by atoms with Crippen LogP contribution in [0.25, 0.3) is 0 Å². The zero-order chi connectivity index (χ0) is 19.1. The van der Waals surface area contributed by atoms with Crippen molar-refractivity contribution in [2.75, 3.05) is 52.9 Å². The predicted octanol–water partition coefficient (Wildman–Crippen LogP) is 2.72. The van der Waals surface area contributed by atoms with E-state index in [0.717, 1.165) is 50.3 Å². The zero-order valence-electron chi connectivity index (χ0n) is 17.4. The number of halogens is 2. The molecule has 1 atom stereocenters. The SMILES string of the molecule is CCNC(=NCC(C)N1CCN(CC)CC1)N(C)Cc1cc(Cl)cn1C.I. The maximum atomic E-state index is 6.11. The third-order valence-electron chi connectivity index (χ3n) is 5.15. The van der Waals surface area contributed by atoms with Crippen molar-refractivity contribution in [1.82, 2.24) is 24.6 Å². The fraction of sp³-hybridized carbons (Fsp3) is 0.737. The van der Waals surface area contributed by atoms with Gasteiger partial charge in [0.15, 0.2) is 5.96 Å². The molecule has 0 aliphatic carbocycles. The first-order valence-corrected chi connectivity index (χ1v) is 10.1. The second-order valence-corrected chi connectivity index (χ2v) is 7.57. The third-order valence-corrected chi connectivity index (χ3v) is 5.36. The van der Waals surface area contributed by atoms with Crippen LogP contribution in [0.3, 0.4) is 0 Å². The molecular formula is C19H36ClIN6. The van der Waals surface area contributed by atoms with Crippen molar-refractivity contribution >= 4 is 41.5 Å². The molecule has 27 heavy (non-hydrogen) atoms. The topological polar surface area (TPSA) is 39.0 Å². The largest absolute Gasteiger partial charge is 0.357 e. The van der Waals surface area contributed by atoms with Gasteiger partial charge >= 0.3 is 0 Å². The van der Waals surface area contributed by atoms with Crippen LogP contribution in [0.5, 0.6) is 0 Å². The second kappa shape index (κ2) is 12.1. The smallest absolute Gasteiger partial charge is 0.194 e. The number of aromatic nitrogens is 1. The number of hydrogen-bond acceptors (Lipinski definition) is 3. The Morgan fingerprint density at radius 3 is 2.48 bits per heavy atom. The molecule has 1 unspecified atom stereocenters. The lowest BCUT2D eigenvalue weighted by Crippen LogP contribution is -2.50. The van der Waals surface area contributed by atoms with Crippen molar-refractivity contribution in [3.63, 3.8) is 0 Å². The summed E-state index contributed by atoms with van der Waals surface area (Å²) in [5.41, 5.74) is 1.17. The van der Waals surface area contributed by atoms with E-state index in [2.05, 4.69) is 52.4 Å². The molecule has 2 rings (SSSR count). The molecule has 0 aromatic carbocycles. The molecule has 0 amide bonds. The van der Waals surface area contributed by atoms with E-state index in [4.69, 9.17) is 16.6 Å². The lowest BCUT2D eigenvalue weighted by atomic mass is 10.2. The van der Waals surface area contributed by atoms with Crippen molar-refractivity contribution in [1.29, 1.82) is 0 Å². The number of likely N-dealkylation sites (N-methyl/N-ethyl adjacent to an activating group) is 1. The first kappa shape index (κ1) is 24.5. The molecule has 8 heteroatoms. The maximum absolute atomic E-state index is 6.11. The number of rotatable bonds is 7. The van der Waals surface area contributed by atoms with Crippen molar-refractivity contribution in [3.8, 4) is 0 Å². The molecule has 1 aromatic rings. The molecule has 0 spiro atoms. The van der Waals surface area contributed by atoms with Gasteiger partial charge in [0.25, 0.3) is 0 Å². The monoisotopic (exact) mass is 510 g/mol. The van der Waals surface area contributed by atoms with Crippen LogP contribution < -0.4 is 5.32 Å². The number of piperazine rings is 1. The minimum absolute atomic E-state index is 0. The third kappa shape index (κ3) is 7.44. The van der Waals surface area contributed by atoms with Crippen LogP contribution in [-0.2, 0) is 13.6 Å². The first-order valence-electron chi connectivity index (χ1n) is 9.71. The van der Waals surface area contributed by atoms with Crippen LogP contribution in [0.1, 0.15) is 26.5 Å². The van der Waals surface area contributed by atoms with E-state index in [0.29, 0.717) is 6.04 Å². The summed E-state index contributed by atoms with van der Waals surface area (Å²) in [6, 6.07) is 2.47. The highest BCUT2D eigenvalue weighted by Gasteiger charge is 2.20. The highest BCUT2D eigenvalue weighted by molar-refractivity contribution is 14.0. The van der Waals surface area contributed by atoms with Crippen LogP contribution >= 0.6 is 35.6 Å². The molecule has 156 valence electrons. The van der Waals surface area contributed by atoms with Gasteiger partial charge in [-0.2, -0.15) is 0 Å². The maximum Gasteiger partial charge on any atom is 0.194 e. The quantitative estimate of drug-likeness (QED) is 0.348. The van der Waals surface area contributed by atoms with Crippen LogP contribution in [0, 0.1) is 0 Å². The van der Waals surface area contributed by atoms with E-state index in [9.17, 15) is 0 Å². The van der Waals surface area contributed by atoms with Gasteiger partial charge in [-0.05, 0) is 26.5 Å². The zero-order valence-corrected chi connectivity index (χ0v) is 20.5. The highest BCUT2D eigenvalue weighted by atomic mass is 127. The summed E-state index contributed by atoms with van der Waals surface area (Å²) in [5, 5.41) is 4.19. The van der Waals surface area contributed by atoms with Crippen molar-refractivity contribution in [3.05, 3.63) is 23.0 Å². The standard InChI is InChI=1S/C19H35ClN6.HI/c1-6-21-19(24(5)15-18-12-17(20)14-23(18)4)22-13-16(3)26-10-8-25(7-2)9-11-26;/h12,14,16H,6-11,13,15H2,1-5H3,(H,21,22);1H. The Hall–Kier alpha value is -0.510. The minimum atomic E-state index is 0. The summed E-state index contributed by atoms with van der Waals surface area (Å²) in [6.45, 7) is 14.8. The Morgan fingerprint density at radius 1 is 1.30 bits per heavy atom. The Morgan fingerprint density at radius 2 is 1.96 bits per heavy atom. The predicted molar refractivity (Wildman–Crippen MR) is 126 cm³/mol. The lowest BCUT2D eigenvalue weighted by molar-refractivity contribution is 0.109. The van der Waals surface area contributed by atoms with Crippen molar-refractivity contribution in [2.45, 2.75) is 33.4 Å². The molecule has 1 aromatic heterocycles. The van der Waals surface area contributed by atoms with Crippen molar-refractivity contribution in [2.24, 2.45) is 12.0 Å². The number of aliphatic imine (C=N–C) groups is 1. The Balaban J connectivity index is 0.00000364. The molecule has 1 N–H and O–H groups in total. The normalized spacial score (nSPS) is 17.5. The number of hydrogen-bond donors (Lipinski definition) is 1. The van der Waals surface area contributed by atoms with E-state index in [1.807, 2.05) is 19.3 Å². The van der Waals surface area contributed by atoms with Crippen LogP contribution in [0.4, 0.5) is 0 Å². The lowest BCUT2D eigenvalue weighted by Gasteiger charge is -2.37. The Bertz CT molecular complexity index is 583. The molecule has 1 aliphatic heterocycles. The fourth-order valence-electron chi connectivity index (χ4n) is 3.37. The minimum Gasteiger partial charge on any atom is -0.357 e.